The Bertz CT molecular complexity index is 1050. The molecule has 0 saturated carbocycles. The Kier molecular flexibility index (Phi) is 6.06. The van der Waals surface area contributed by atoms with Crippen LogP contribution in [0.1, 0.15) is 28.5 Å². The predicted molar refractivity (Wildman–Crippen MR) is 110 cm³/mol. The maximum Gasteiger partial charge on any atom is 0.335 e. The van der Waals surface area contributed by atoms with Gasteiger partial charge in [0.25, 0.3) is 0 Å². The van der Waals surface area contributed by atoms with Crippen molar-refractivity contribution < 1.29 is 14.3 Å². The fourth-order valence-corrected chi connectivity index (χ4v) is 3.60. The first kappa shape index (κ1) is 20.0. The quantitative estimate of drug-likeness (QED) is 0.480. The normalized spacial score (nSPS) is 10.7. The Labute approximate surface area is 170 Å². The first-order valence-corrected chi connectivity index (χ1v) is 9.68. The average molecular weight is 418 g/mol. The van der Waals surface area contributed by atoms with Gasteiger partial charge in [-0.3, -0.25) is 0 Å². The summed E-state index contributed by atoms with van der Waals surface area (Å²) in [5, 5.41) is 12.2. The molecule has 0 spiro atoms. The Morgan fingerprint density at radius 3 is 2.71 bits per heavy atom. The number of nitrogens with one attached hydrogen (secondary N) is 1. The van der Waals surface area contributed by atoms with Crippen molar-refractivity contribution in [2.45, 2.75) is 19.8 Å². The lowest BCUT2D eigenvalue weighted by molar-refractivity contribution is 0.0697. The fraction of sp³-hybridized carbons (Fsp3) is 0.150. The number of aromatic carboxylic acids is 1. The van der Waals surface area contributed by atoms with Crippen LogP contribution in [0.25, 0.3) is 10.7 Å². The Morgan fingerprint density at radius 1 is 1.36 bits per heavy atom. The van der Waals surface area contributed by atoms with Crippen molar-refractivity contribution in [3.05, 3.63) is 70.0 Å². The van der Waals surface area contributed by atoms with Crippen molar-refractivity contribution in [2.75, 3.05) is 5.32 Å². The SMILES string of the molecule is C=CCc1c(CC)nc(-c2ccc(F)s2)nc1Nc1ccc(C(=O)O)cc1Cl. The monoisotopic (exact) mass is 417 g/mol. The molecule has 2 aromatic heterocycles. The predicted octanol–water partition coefficient (Wildman–Crippen LogP) is 5.73. The molecule has 0 bridgehead atoms. The van der Waals surface area contributed by atoms with Gasteiger partial charge in [-0.05, 0) is 43.2 Å². The molecule has 2 N–H and O–H groups in total. The lowest BCUT2D eigenvalue weighted by Crippen LogP contribution is -2.07. The van der Waals surface area contributed by atoms with Crippen molar-refractivity contribution in [2.24, 2.45) is 0 Å². The standard InChI is InChI=1S/C20H17ClFN3O2S/c1-3-5-12-14(4-2)23-19(16-8-9-17(22)28-16)25-18(12)24-15-7-6-11(20(26)27)10-13(15)21/h3,6-10H,1,4-5H2,2H3,(H,26,27)(H,23,24,25). The van der Waals surface area contributed by atoms with Crippen molar-refractivity contribution in [1.82, 2.24) is 9.97 Å². The minimum Gasteiger partial charge on any atom is -0.478 e. The van der Waals surface area contributed by atoms with Crippen molar-refractivity contribution >= 4 is 40.4 Å². The van der Waals surface area contributed by atoms with Gasteiger partial charge in [-0.15, -0.1) is 17.9 Å². The van der Waals surface area contributed by atoms with E-state index in [0.29, 0.717) is 35.0 Å². The van der Waals surface area contributed by atoms with Crippen LogP contribution in [-0.4, -0.2) is 21.0 Å². The molecule has 0 atom stereocenters. The van der Waals surface area contributed by atoms with E-state index in [1.807, 2.05) is 6.92 Å². The van der Waals surface area contributed by atoms with E-state index in [2.05, 4.69) is 21.9 Å². The summed E-state index contributed by atoms with van der Waals surface area (Å²) in [7, 11) is 0. The van der Waals surface area contributed by atoms with E-state index in [9.17, 15) is 9.18 Å². The van der Waals surface area contributed by atoms with E-state index in [1.165, 1.54) is 18.2 Å². The molecule has 5 nitrogen and oxygen atoms in total. The molecule has 0 saturated heterocycles. The van der Waals surface area contributed by atoms with Gasteiger partial charge in [-0.1, -0.05) is 24.6 Å². The third-order valence-electron chi connectivity index (χ3n) is 4.04. The molecule has 2 heterocycles. The van der Waals surface area contributed by atoms with Gasteiger partial charge in [-0.2, -0.15) is 4.39 Å². The van der Waals surface area contributed by atoms with E-state index in [-0.39, 0.29) is 15.7 Å². The van der Waals surface area contributed by atoms with E-state index >= 15 is 0 Å². The summed E-state index contributed by atoms with van der Waals surface area (Å²) in [4.78, 5) is 20.9. The van der Waals surface area contributed by atoms with Crippen LogP contribution in [0.2, 0.25) is 5.02 Å². The molecule has 0 fully saturated rings. The van der Waals surface area contributed by atoms with Crippen LogP contribution in [0, 0.1) is 5.13 Å². The third-order valence-corrected chi connectivity index (χ3v) is 5.22. The first-order chi connectivity index (χ1) is 13.4. The number of nitrogens with zero attached hydrogens (tertiary/aromatic N) is 2. The molecule has 8 heteroatoms. The third kappa shape index (κ3) is 4.21. The zero-order chi connectivity index (χ0) is 20.3. The second-order valence-electron chi connectivity index (χ2n) is 5.90. The van der Waals surface area contributed by atoms with E-state index < -0.39 is 5.97 Å². The zero-order valence-corrected chi connectivity index (χ0v) is 16.6. The van der Waals surface area contributed by atoms with E-state index in [1.54, 1.807) is 18.2 Å². The number of anilines is 2. The molecule has 3 rings (SSSR count). The lowest BCUT2D eigenvalue weighted by atomic mass is 10.1. The number of allylic oxidation sites excluding steroid dienone is 1. The molecular weight excluding hydrogens is 401 g/mol. The van der Waals surface area contributed by atoms with Gasteiger partial charge in [0.2, 0.25) is 0 Å². The number of thiophene rings is 1. The number of rotatable bonds is 7. The smallest absolute Gasteiger partial charge is 0.335 e. The number of benzene rings is 1. The van der Waals surface area contributed by atoms with Gasteiger partial charge < -0.3 is 10.4 Å². The summed E-state index contributed by atoms with van der Waals surface area (Å²) in [6, 6.07) is 7.43. The number of hydrogen-bond donors (Lipinski definition) is 2. The summed E-state index contributed by atoms with van der Waals surface area (Å²) < 4.78 is 13.5. The Hall–Kier alpha value is -2.77. The van der Waals surface area contributed by atoms with Gasteiger partial charge in [0.15, 0.2) is 11.0 Å². The van der Waals surface area contributed by atoms with Crippen molar-refractivity contribution in [1.29, 1.82) is 0 Å². The van der Waals surface area contributed by atoms with Crippen molar-refractivity contribution in [3.63, 3.8) is 0 Å². The average Bonchev–Trinajstić information content (AvgIpc) is 3.10. The summed E-state index contributed by atoms with van der Waals surface area (Å²) in [5.74, 6) is -0.113. The fourth-order valence-electron chi connectivity index (χ4n) is 2.71. The zero-order valence-electron chi connectivity index (χ0n) is 15.0. The van der Waals surface area contributed by atoms with Crippen LogP contribution in [0.15, 0.2) is 43.0 Å². The number of carboxylic acid groups (broad SMARTS) is 1. The lowest BCUT2D eigenvalue weighted by Gasteiger charge is -2.16. The summed E-state index contributed by atoms with van der Waals surface area (Å²) in [6.45, 7) is 5.77. The molecule has 0 aliphatic heterocycles. The summed E-state index contributed by atoms with van der Waals surface area (Å²) in [6.07, 6.45) is 2.95. The molecule has 0 unspecified atom stereocenters. The van der Waals surface area contributed by atoms with Crippen LogP contribution in [-0.2, 0) is 12.8 Å². The van der Waals surface area contributed by atoms with Crippen LogP contribution < -0.4 is 5.32 Å². The van der Waals surface area contributed by atoms with Gasteiger partial charge in [0.1, 0.15) is 5.82 Å². The molecule has 0 aliphatic carbocycles. The van der Waals surface area contributed by atoms with Crippen LogP contribution >= 0.6 is 22.9 Å². The number of aromatic nitrogens is 2. The van der Waals surface area contributed by atoms with Gasteiger partial charge in [0, 0.05) is 11.3 Å². The van der Waals surface area contributed by atoms with Crippen LogP contribution in [0.5, 0.6) is 0 Å². The van der Waals surface area contributed by atoms with Gasteiger partial charge >= 0.3 is 5.97 Å². The van der Waals surface area contributed by atoms with E-state index in [0.717, 1.165) is 22.6 Å². The largest absolute Gasteiger partial charge is 0.478 e. The minimum atomic E-state index is -1.06. The number of hydrogen-bond acceptors (Lipinski definition) is 5. The molecular formula is C20H17ClFN3O2S. The van der Waals surface area contributed by atoms with Crippen molar-refractivity contribution in [3.8, 4) is 10.7 Å². The highest BCUT2D eigenvalue weighted by atomic mass is 35.5. The minimum absolute atomic E-state index is 0.0912. The second kappa shape index (κ2) is 8.50. The molecule has 0 aliphatic rings. The number of carboxylic acids is 1. The topological polar surface area (TPSA) is 75.1 Å². The number of aryl methyl sites for hydroxylation is 1. The summed E-state index contributed by atoms with van der Waals surface area (Å²) in [5.41, 5.74) is 2.28. The second-order valence-corrected chi connectivity index (χ2v) is 7.34. The van der Waals surface area contributed by atoms with Gasteiger partial charge in [-0.25, -0.2) is 14.8 Å². The molecule has 0 amide bonds. The molecule has 1 aromatic carbocycles. The molecule has 0 radical (unpaired) electrons. The number of carbonyl (C=O) groups is 1. The molecule has 144 valence electrons. The maximum atomic E-state index is 13.5. The molecule has 3 aromatic rings. The highest BCUT2D eigenvalue weighted by molar-refractivity contribution is 7.13. The summed E-state index contributed by atoms with van der Waals surface area (Å²) >= 11 is 7.22. The van der Waals surface area contributed by atoms with E-state index in [4.69, 9.17) is 16.7 Å². The van der Waals surface area contributed by atoms with Crippen LogP contribution in [0.4, 0.5) is 15.9 Å². The highest BCUT2D eigenvalue weighted by Crippen LogP contribution is 2.32. The number of halogens is 2. The Balaban J connectivity index is 2.09. The maximum absolute atomic E-state index is 13.5. The highest BCUT2D eigenvalue weighted by Gasteiger charge is 2.17. The van der Waals surface area contributed by atoms with Gasteiger partial charge in [0.05, 0.1) is 21.2 Å². The Morgan fingerprint density at radius 2 is 2.14 bits per heavy atom. The van der Waals surface area contributed by atoms with Crippen LogP contribution in [0.3, 0.4) is 0 Å². The molecule has 28 heavy (non-hydrogen) atoms. The first-order valence-electron chi connectivity index (χ1n) is 8.49.